The minimum absolute atomic E-state index is 0.275. The van der Waals surface area contributed by atoms with Crippen molar-refractivity contribution in [2.45, 2.75) is 6.42 Å². The average molecular weight is 280 g/mol. The molecule has 1 heterocycles. The molecule has 0 aromatic heterocycles. The van der Waals surface area contributed by atoms with Crippen molar-refractivity contribution < 1.29 is 14.5 Å². The van der Waals surface area contributed by atoms with E-state index in [1.807, 2.05) is 0 Å². The first-order valence-electron chi connectivity index (χ1n) is 5.71. The van der Waals surface area contributed by atoms with Crippen LogP contribution >= 0.6 is 11.8 Å². The normalized spacial score (nSPS) is 17.3. The van der Waals surface area contributed by atoms with Crippen molar-refractivity contribution in [2.24, 2.45) is 0 Å². The summed E-state index contributed by atoms with van der Waals surface area (Å²) in [4.78, 5) is 22.2. The number of carbonyl (C=O) groups excluding carboxylic acids is 1. The topological polar surface area (TPSA) is 81.5 Å². The number of hydrogen-bond acceptors (Lipinski definition) is 6. The van der Waals surface area contributed by atoms with Crippen LogP contribution in [-0.4, -0.2) is 23.2 Å². The highest BCUT2D eigenvalue weighted by molar-refractivity contribution is 8.03. The highest BCUT2D eigenvalue weighted by atomic mass is 32.2. The Kier molecular flexibility index (Phi) is 4.40. The minimum Gasteiger partial charge on any atom is -0.418 e. The second-order valence-electron chi connectivity index (χ2n) is 3.77. The Morgan fingerprint density at radius 1 is 1.37 bits per heavy atom. The maximum Gasteiger partial charge on any atom is 0.418 e. The van der Waals surface area contributed by atoms with Gasteiger partial charge in [-0.05, 0) is 18.6 Å². The summed E-state index contributed by atoms with van der Waals surface area (Å²) in [5, 5.41) is 14.2. The SMILES string of the molecule is O=C(Oc1ccccc1)C(=C1NCCCS1)[N+](=O)[O-]. The van der Waals surface area contributed by atoms with Gasteiger partial charge in [0.05, 0.1) is 4.92 Å². The summed E-state index contributed by atoms with van der Waals surface area (Å²) in [6, 6.07) is 8.29. The van der Waals surface area contributed by atoms with E-state index in [2.05, 4.69) is 5.32 Å². The molecule has 6 nitrogen and oxygen atoms in total. The fraction of sp³-hybridized carbons (Fsp3) is 0.250. The second-order valence-corrected chi connectivity index (χ2v) is 4.87. The number of para-hydroxylation sites is 1. The van der Waals surface area contributed by atoms with Crippen molar-refractivity contribution >= 4 is 17.7 Å². The van der Waals surface area contributed by atoms with Gasteiger partial charge >= 0.3 is 11.7 Å². The van der Waals surface area contributed by atoms with E-state index in [1.54, 1.807) is 30.3 Å². The van der Waals surface area contributed by atoms with E-state index in [-0.39, 0.29) is 10.8 Å². The number of ether oxygens (including phenoxy) is 1. The first-order valence-corrected chi connectivity index (χ1v) is 6.69. The van der Waals surface area contributed by atoms with Crippen LogP contribution in [0.3, 0.4) is 0 Å². The zero-order valence-electron chi connectivity index (χ0n) is 10.00. The lowest BCUT2D eigenvalue weighted by atomic mass is 10.3. The fourth-order valence-electron chi connectivity index (χ4n) is 1.55. The third-order valence-electron chi connectivity index (χ3n) is 2.40. The molecule has 1 N–H and O–H groups in total. The number of thioether (sulfide) groups is 1. The highest BCUT2D eigenvalue weighted by Crippen LogP contribution is 2.23. The molecule has 0 unspecified atom stereocenters. The monoisotopic (exact) mass is 280 g/mol. The molecule has 0 saturated carbocycles. The molecular formula is C12H12N2O4S. The molecule has 0 radical (unpaired) electrons. The smallest absolute Gasteiger partial charge is 0.418 e. The van der Waals surface area contributed by atoms with Crippen LogP contribution in [0.5, 0.6) is 5.75 Å². The Bertz CT molecular complexity index is 508. The first-order chi connectivity index (χ1) is 9.18. The fourth-order valence-corrected chi connectivity index (χ4v) is 2.54. The average Bonchev–Trinajstić information content (AvgIpc) is 2.40. The van der Waals surface area contributed by atoms with E-state index < -0.39 is 16.6 Å². The van der Waals surface area contributed by atoms with Gasteiger partial charge in [-0.2, -0.15) is 0 Å². The van der Waals surface area contributed by atoms with E-state index >= 15 is 0 Å². The molecule has 100 valence electrons. The molecule has 0 amide bonds. The van der Waals surface area contributed by atoms with Crippen molar-refractivity contribution in [3.63, 3.8) is 0 Å². The van der Waals surface area contributed by atoms with Crippen LogP contribution in [0.2, 0.25) is 0 Å². The standard InChI is InChI=1S/C12H12N2O4S/c15-12(18-9-5-2-1-3-6-9)10(14(16)17)11-13-7-4-8-19-11/h1-3,5-6,13H,4,7-8H2. The van der Waals surface area contributed by atoms with Gasteiger partial charge in [0.1, 0.15) is 5.75 Å². The van der Waals surface area contributed by atoms with Crippen LogP contribution in [0.25, 0.3) is 0 Å². The molecule has 7 heteroatoms. The number of nitrogens with zero attached hydrogens (tertiary/aromatic N) is 1. The van der Waals surface area contributed by atoms with Gasteiger partial charge in [0.25, 0.3) is 0 Å². The lowest BCUT2D eigenvalue weighted by molar-refractivity contribution is -0.421. The zero-order chi connectivity index (χ0) is 13.7. The molecule has 1 aliphatic rings. The maximum absolute atomic E-state index is 11.9. The van der Waals surface area contributed by atoms with E-state index in [1.165, 1.54) is 11.8 Å². The minimum atomic E-state index is -0.951. The van der Waals surface area contributed by atoms with Crippen molar-refractivity contribution in [1.29, 1.82) is 0 Å². The van der Waals surface area contributed by atoms with Crippen molar-refractivity contribution in [3.8, 4) is 5.75 Å². The van der Waals surface area contributed by atoms with Gasteiger partial charge in [-0.15, -0.1) is 11.8 Å². The molecule has 1 aromatic rings. The third-order valence-corrected chi connectivity index (χ3v) is 3.52. The van der Waals surface area contributed by atoms with Crippen LogP contribution < -0.4 is 10.1 Å². The number of carbonyl (C=O) groups is 1. The van der Waals surface area contributed by atoms with Crippen molar-refractivity contribution in [3.05, 3.63) is 51.2 Å². The van der Waals surface area contributed by atoms with Gasteiger partial charge in [0, 0.05) is 12.3 Å². The number of nitrogens with one attached hydrogen (secondary N) is 1. The van der Waals surface area contributed by atoms with Crippen LogP contribution in [0.4, 0.5) is 0 Å². The van der Waals surface area contributed by atoms with Crippen LogP contribution in [0.15, 0.2) is 41.1 Å². The van der Waals surface area contributed by atoms with Gasteiger partial charge in [0.15, 0.2) is 5.03 Å². The predicted octanol–water partition coefficient (Wildman–Crippen LogP) is 1.76. The summed E-state index contributed by atoms with van der Waals surface area (Å²) in [7, 11) is 0. The number of rotatable bonds is 3. The summed E-state index contributed by atoms with van der Waals surface area (Å²) < 4.78 is 5.00. The summed E-state index contributed by atoms with van der Waals surface area (Å²) in [6.45, 7) is 0.623. The first kappa shape index (κ1) is 13.4. The quantitative estimate of drug-likeness (QED) is 0.299. The van der Waals surface area contributed by atoms with Gasteiger partial charge < -0.3 is 10.1 Å². The van der Waals surface area contributed by atoms with Crippen LogP contribution in [-0.2, 0) is 4.79 Å². The molecule has 2 rings (SSSR count). The Balaban J connectivity index is 2.20. The molecule has 1 fully saturated rings. The van der Waals surface area contributed by atoms with Gasteiger partial charge in [-0.1, -0.05) is 18.2 Å². The van der Waals surface area contributed by atoms with Crippen LogP contribution in [0.1, 0.15) is 6.42 Å². The molecule has 0 bridgehead atoms. The van der Waals surface area contributed by atoms with Crippen molar-refractivity contribution in [2.75, 3.05) is 12.3 Å². The summed E-state index contributed by atoms with van der Waals surface area (Å²) in [5.74, 6) is 0.0829. The van der Waals surface area contributed by atoms with E-state index in [4.69, 9.17) is 4.74 Å². The lowest BCUT2D eigenvalue weighted by Gasteiger charge is -2.15. The molecule has 1 aliphatic heterocycles. The molecule has 0 aliphatic carbocycles. The molecular weight excluding hydrogens is 268 g/mol. The molecule has 1 saturated heterocycles. The Morgan fingerprint density at radius 2 is 2.11 bits per heavy atom. The van der Waals surface area contributed by atoms with Gasteiger partial charge in [-0.3, -0.25) is 10.1 Å². The number of esters is 1. The lowest BCUT2D eigenvalue weighted by Crippen LogP contribution is -2.27. The largest absolute Gasteiger partial charge is 0.418 e. The van der Waals surface area contributed by atoms with E-state index in [9.17, 15) is 14.9 Å². The van der Waals surface area contributed by atoms with Crippen LogP contribution in [0, 0.1) is 10.1 Å². The summed E-state index contributed by atoms with van der Waals surface area (Å²) in [6.07, 6.45) is 0.910. The number of hydrogen-bond donors (Lipinski definition) is 1. The molecule has 1 aromatic carbocycles. The van der Waals surface area contributed by atoms with E-state index in [0.717, 1.165) is 12.2 Å². The Morgan fingerprint density at radius 3 is 2.68 bits per heavy atom. The number of nitro groups is 1. The highest BCUT2D eigenvalue weighted by Gasteiger charge is 2.31. The molecule has 19 heavy (non-hydrogen) atoms. The summed E-state index contributed by atoms with van der Waals surface area (Å²) in [5.41, 5.74) is -0.534. The zero-order valence-corrected chi connectivity index (χ0v) is 10.8. The summed E-state index contributed by atoms with van der Waals surface area (Å²) >= 11 is 1.26. The molecule has 0 atom stereocenters. The van der Waals surface area contributed by atoms with E-state index in [0.29, 0.717) is 6.54 Å². The maximum atomic E-state index is 11.9. The predicted molar refractivity (Wildman–Crippen MR) is 71.2 cm³/mol. The number of benzene rings is 1. The second kappa shape index (κ2) is 6.24. The molecule has 0 spiro atoms. The third kappa shape index (κ3) is 3.47. The van der Waals surface area contributed by atoms with Gasteiger partial charge in [0.2, 0.25) is 0 Å². The van der Waals surface area contributed by atoms with Gasteiger partial charge in [-0.25, -0.2) is 4.79 Å². The Hall–Kier alpha value is -2.02. The Labute approximate surface area is 114 Å². The van der Waals surface area contributed by atoms with Crippen molar-refractivity contribution in [1.82, 2.24) is 5.32 Å².